The lowest BCUT2D eigenvalue weighted by Crippen LogP contribution is -3.15. The standard InChI is InChI=1S/C16H24N2O6/c1-17-6-3-5-10(17)9-4-2-7-18(8-9)15-13(21)11(19)12(20)14(24-15)16(22)23/h2,4,7,10-15,19-21H,3,5-6,8H2,1H3,(H,22,23)/p+1. The number of hydrogen-bond acceptors (Lipinski definition) is 6. The Kier molecular flexibility index (Phi) is 5.05. The number of carboxylic acids is 1. The number of nitrogens with one attached hydrogen (secondary N) is 1. The first-order valence-electron chi connectivity index (χ1n) is 8.25. The highest BCUT2D eigenvalue weighted by atomic mass is 16.6. The van der Waals surface area contributed by atoms with E-state index in [4.69, 9.17) is 9.84 Å². The number of likely N-dealkylation sites (N-methyl/N-ethyl adjacent to an activating group) is 1. The maximum Gasteiger partial charge on any atom is 0.335 e. The number of quaternary nitrogens is 1. The van der Waals surface area contributed by atoms with Crippen LogP contribution in [0.5, 0.6) is 0 Å². The summed E-state index contributed by atoms with van der Waals surface area (Å²) in [6, 6.07) is 0.330. The topological polar surface area (TPSA) is 115 Å². The first-order chi connectivity index (χ1) is 11.4. The van der Waals surface area contributed by atoms with Crippen LogP contribution in [0.1, 0.15) is 12.8 Å². The second-order valence-electron chi connectivity index (χ2n) is 6.78. The van der Waals surface area contributed by atoms with E-state index in [1.54, 1.807) is 6.20 Å². The molecular weight excluding hydrogens is 316 g/mol. The number of nitrogens with zero attached hydrogens (tertiary/aromatic N) is 1. The van der Waals surface area contributed by atoms with Crippen molar-refractivity contribution < 1.29 is 34.9 Å². The minimum absolute atomic E-state index is 0.330. The summed E-state index contributed by atoms with van der Waals surface area (Å²) in [6.07, 6.45) is 0.810. The van der Waals surface area contributed by atoms with Gasteiger partial charge in [0.25, 0.3) is 0 Å². The molecule has 7 unspecified atom stereocenters. The van der Waals surface area contributed by atoms with E-state index < -0.39 is 36.6 Å². The molecule has 0 radical (unpaired) electrons. The van der Waals surface area contributed by atoms with Crippen molar-refractivity contribution in [3.63, 3.8) is 0 Å². The van der Waals surface area contributed by atoms with Crippen LogP contribution in [0.3, 0.4) is 0 Å². The van der Waals surface area contributed by atoms with Crippen LogP contribution in [0.15, 0.2) is 23.9 Å². The molecule has 0 saturated carbocycles. The fourth-order valence-electron chi connectivity index (χ4n) is 3.84. The molecule has 3 heterocycles. The van der Waals surface area contributed by atoms with Gasteiger partial charge in [0.15, 0.2) is 12.2 Å². The van der Waals surface area contributed by atoms with Gasteiger partial charge in [-0.05, 0) is 32.5 Å². The van der Waals surface area contributed by atoms with Gasteiger partial charge >= 0.3 is 5.97 Å². The molecule has 24 heavy (non-hydrogen) atoms. The molecule has 0 aromatic carbocycles. The SMILES string of the molecule is CN1CCCC1C1=CC=C[NH+](C2OC(C(=O)O)C(O)C(O)C2O)C1. The number of aliphatic hydroxyl groups excluding tert-OH is 3. The van der Waals surface area contributed by atoms with Crippen molar-refractivity contribution in [2.45, 2.75) is 49.5 Å². The van der Waals surface area contributed by atoms with E-state index in [1.165, 1.54) is 5.57 Å². The predicted octanol–water partition coefficient (Wildman–Crippen LogP) is -2.69. The minimum atomic E-state index is -1.65. The molecule has 2 fully saturated rings. The number of aliphatic carboxylic acids is 1. The number of ether oxygens (including phenoxy) is 1. The zero-order valence-electron chi connectivity index (χ0n) is 13.6. The lowest BCUT2D eigenvalue weighted by atomic mass is 9.96. The Morgan fingerprint density at radius 3 is 2.67 bits per heavy atom. The molecule has 8 heteroatoms. The number of aliphatic hydroxyl groups is 3. The van der Waals surface area contributed by atoms with Gasteiger partial charge in [-0.2, -0.15) is 0 Å². The van der Waals surface area contributed by atoms with Gasteiger partial charge in [-0.3, -0.25) is 9.80 Å². The number of carboxylic acid groups (broad SMARTS) is 1. The molecule has 0 spiro atoms. The molecule has 0 aliphatic carbocycles. The molecule has 0 bridgehead atoms. The van der Waals surface area contributed by atoms with E-state index in [0.717, 1.165) is 24.3 Å². The van der Waals surface area contributed by atoms with E-state index in [-0.39, 0.29) is 0 Å². The van der Waals surface area contributed by atoms with Crippen molar-refractivity contribution >= 4 is 5.97 Å². The van der Waals surface area contributed by atoms with Crippen molar-refractivity contribution in [3.8, 4) is 0 Å². The third-order valence-corrected chi connectivity index (χ3v) is 5.20. The third-order valence-electron chi connectivity index (χ3n) is 5.20. The zero-order valence-corrected chi connectivity index (χ0v) is 13.6. The summed E-state index contributed by atoms with van der Waals surface area (Å²) in [6.45, 7) is 1.60. The number of likely N-dealkylation sites (tertiary alicyclic amines) is 1. The van der Waals surface area contributed by atoms with E-state index in [2.05, 4.69) is 11.9 Å². The second kappa shape index (κ2) is 6.91. The number of carbonyl (C=O) groups is 1. The molecule has 0 aromatic rings. The first-order valence-corrected chi connectivity index (χ1v) is 8.25. The molecule has 3 rings (SSSR count). The van der Waals surface area contributed by atoms with Crippen LogP contribution >= 0.6 is 0 Å². The Hall–Kier alpha value is -1.29. The Bertz CT molecular complexity index is 551. The Labute approximate surface area is 140 Å². The van der Waals surface area contributed by atoms with E-state index in [1.807, 2.05) is 12.2 Å². The Morgan fingerprint density at radius 2 is 2.04 bits per heavy atom. The zero-order chi connectivity index (χ0) is 17.4. The van der Waals surface area contributed by atoms with Crippen LogP contribution in [0.4, 0.5) is 0 Å². The van der Waals surface area contributed by atoms with Crippen LogP contribution in [0, 0.1) is 0 Å². The van der Waals surface area contributed by atoms with Crippen molar-refractivity contribution in [1.29, 1.82) is 0 Å². The minimum Gasteiger partial charge on any atom is -0.479 e. The Balaban J connectivity index is 1.75. The van der Waals surface area contributed by atoms with Crippen molar-refractivity contribution in [2.24, 2.45) is 0 Å². The van der Waals surface area contributed by atoms with Crippen LogP contribution in [-0.2, 0) is 9.53 Å². The molecule has 0 aromatic heterocycles. The average Bonchev–Trinajstić information content (AvgIpc) is 2.99. The van der Waals surface area contributed by atoms with Gasteiger partial charge in [0.1, 0.15) is 18.8 Å². The van der Waals surface area contributed by atoms with Gasteiger partial charge in [0.2, 0.25) is 6.23 Å². The number of allylic oxidation sites excluding steroid dienone is 2. The van der Waals surface area contributed by atoms with Crippen LogP contribution < -0.4 is 4.90 Å². The highest BCUT2D eigenvalue weighted by Gasteiger charge is 2.51. The van der Waals surface area contributed by atoms with Gasteiger partial charge in [-0.15, -0.1) is 0 Å². The molecule has 0 amide bonds. The van der Waals surface area contributed by atoms with Crippen LogP contribution in [0.25, 0.3) is 0 Å². The highest BCUT2D eigenvalue weighted by Crippen LogP contribution is 2.23. The number of rotatable bonds is 3. The second-order valence-corrected chi connectivity index (χ2v) is 6.78. The lowest BCUT2D eigenvalue weighted by molar-refractivity contribution is -0.905. The summed E-state index contributed by atoms with van der Waals surface area (Å²) in [4.78, 5) is 14.2. The molecule has 5 N–H and O–H groups in total. The monoisotopic (exact) mass is 341 g/mol. The molecule has 7 atom stereocenters. The summed E-state index contributed by atoms with van der Waals surface area (Å²) in [5.41, 5.74) is 1.19. The van der Waals surface area contributed by atoms with Gasteiger partial charge in [-0.25, -0.2) is 4.79 Å². The fraction of sp³-hybridized carbons (Fsp3) is 0.688. The third kappa shape index (κ3) is 3.13. The summed E-state index contributed by atoms with van der Waals surface area (Å²) >= 11 is 0. The maximum absolute atomic E-state index is 11.2. The predicted molar refractivity (Wildman–Crippen MR) is 83.0 cm³/mol. The summed E-state index contributed by atoms with van der Waals surface area (Å²) in [5.74, 6) is -1.36. The summed E-state index contributed by atoms with van der Waals surface area (Å²) in [5, 5.41) is 39.2. The largest absolute Gasteiger partial charge is 0.479 e. The number of hydrogen-bond donors (Lipinski definition) is 5. The normalized spacial score (nSPS) is 43.7. The van der Waals surface area contributed by atoms with Gasteiger partial charge in [0.05, 0.1) is 6.20 Å². The van der Waals surface area contributed by atoms with E-state index >= 15 is 0 Å². The maximum atomic E-state index is 11.2. The molecular formula is C16H25N2O6+. The fourth-order valence-corrected chi connectivity index (χ4v) is 3.84. The highest BCUT2D eigenvalue weighted by molar-refractivity contribution is 5.73. The van der Waals surface area contributed by atoms with Crippen molar-refractivity contribution in [1.82, 2.24) is 4.90 Å². The average molecular weight is 341 g/mol. The van der Waals surface area contributed by atoms with Gasteiger partial charge < -0.3 is 25.2 Å². The van der Waals surface area contributed by atoms with Crippen molar-refractivity contribution in [3.05, 3.63) is 23.9 Å². The lowest BCUT2D eigenvalue weighted by Gasteiger charge is -2.41. The summed E-state index contributed by atoms with van der Waals surface area (Å²) in [7, 11) is 2.07. The van der Waals surface area contributed by atoms with Crippen LogP contribution in [-0.4, -0.2) is 88.1 Å². The van der Waals surface area contributed by atoms with Crippen LogP contribution in [0.2, 0.25) is 0 Å². The van der Waals surface area contributed by atoms with Crippen molar-refractivity contribution in [2.75, 3.05) is 20.1 Å². The molecule has 3 aliphatic heterocycles. The summed E-state index contributed by atoms with van der Waals surface area (Å²) < 4.78 is 5.43. The van der Waals surface area contributed by atoms with Gasteiger partial charge in [0, 0.05) is 11.6 Å². The smallest absolute Gasteiger partial charge is 0.335 e. The quantitative estimate of drug-likeness (QED) is 0.380. The molecule has 8 nitrogen and oxygen atoms in total. The molecule has 2 saturated heterocycles. The molecule has 134 valence electrons. The Morgan fingerprint density at radius 1 is 1.29 bits per heavy atom. The first kappa shape index (κ1) is 17.5. The van der Waals surface area contributed by atoms with E-state index in [0.29, 0.717) is 12.6 Å². The molecule has 3 aliphatic rings. The van der Waals surface area contributed by atoms with Gasteiger partial charge in [-0.1, -0.05) is 6.08 Å². The van der Waals surface area contributed by atoms with E-state index in [9.17, 15) is 20.1 Å².